The van der Waals surface area contributed by atoms with Crippen molar-refractivity contribution in [2.45, 2.75) is 55.2 Å². The summed E-state index contributed by atoms with van der Waals surface area (Å²) in [5, 5.41) is 15.9. The molecule has 3 aliphatic rings. The quantitative estimate of drug-likeness (QED) is 0.556. The molecule has 9 heteroatoms. The molecule has 0 aromatic heterocycles. The third-order valence-corrected chi connectivity index (χ3v) is 9.65. The molecule has 3 aliphatic heterocycles. The number of likely N-dealkylation sites (tertiary alicyclic amines) is 1. The molecule has 1 aromatic rings. The Balaban J connectivity index is 1.77. The Hall–Kier alpha value is -2.26. The van der Waals surface area contributed by atoms with Crippen LogP contribution in [-0.2, 0) is 14.4 Å². The standard InChI is InChI=1S/C24H33N3O5S/c1-13(2)16(12-28)27-19(21(30)26-14-6-8-15(32-5)9-7-14)24-11-10-23(3,33-24)17(20(29)25-4)18(24)22(27)31/h6-9,13,16-19,28H,10-12H2,1-5H3,(H,25,29)(H,26,30)/t16-,17+,18-,19?,23-,24?/m0/s1. The first-order chi connectivity index (χ1) is 15.6. The molecule has 3 saturated heterocycles. The van der Waals surface area contributed by atoms with E-state index < -0.39 is 33.4 Å². The molecule has 180 valence electrons. The number of aliphatic hydroxyl groups excluding tert-OH is 1. The van der Waals surface area contributed by atoms with Gasteiger partial charge in [0.2, 0.25) is 17.7 Å². The van der Waals surface area contributed by atoms with Gasteiger partial charge in [-0.2, -0.15) is 0 Å². The van der Waals surface area contributed by atoms with Crippen molar-refractivity contribution in [2.75, 3.05) is 26.1 Å². The number of rotatable bonds is 7. The van der Waals surface area contributed by atoms with E-state index in [9.17, 15) is 19.5 Å². The number of ether oxygens (including phenoxy) is 1. The lowest BCUT2D eigenvalue weighted by molar-refractivity contribution is -0.143. The lowest BCUT2D eigenvalue weighted by atomic mass is 9.66. The van der Waals surface area contributed by atoms with Crippen molar-refractivity contribution in [3.8, 4) is 5.75 Å². The number of nitrogens with one attached hydrogen (secondary N) is 2. The maximum atomic E-state index is 13.9. The van der Waals surface area contributed by atoms with Gasteiger partial charge in [-0.25, -0.2) is 0 Å². The summed E-state index contributed by atoms with van der Waals surface area (Å²) in [7, 11) is 3.16. The van der Waals surface area contributed by atoms with Crippen molar-refractivity contribution in [3.05, 3.63) is 24.3 Å². The first kappa shape index (κ1) is 23.9. The molecule has 3 fully saturated rings. The highest BCUT2D eigenvalue weighted by Gasteiger charge is 2.77. The number of thioether (sulfide) groups is 1. The highest BCUT2D eigenvalue weighted by molar-refractivity contribution is 8.02. The molecule has 0 aliphatic carbocycles. The normalized spacial score (nSPS) is 33.2. The van der Waals surface area contributed by atoms with E-state index in [0.717, 1.165) is 6.42 Å². The van der Waals surface area contributed by atoms with Gasteiger partial charge in [0.05, 0.1) is 36.3 Å². The number of carbonyl (C=O) groups is 3. The molecule has 3 heterocycles. The molecule has 2 unspecified atom stereocenters. The first-order valence-corrected chi connectivity index (χ1v) is 12.2. The number of anilines is 1. The van der Waals surface area contributed by atoms with E-state index >= 15 is 0 Å². The van der Waals surface area contributed by atoms with E-state index in [1.54, 1.807) is 55.1 Å². The van der Waals surface area contributed by atoms with Crippen molar-refractivity contribution in [3.63, 3.8) is 0 Å². The molecular formula is C24H33N3O5S. The fourth-order valence-corrected chi connectivity index (χ4v) is 8.42. The van der Waals surface area contributed by atoms with Crippen LogP contribution in [0.3, 0.4) is 0 Å². The van der Waals surface area contributed by atoms with Gasteiger partial charge in [0.1, 0.15) is 11.8 Å². The minimum Gasteiger partial charge on any atom is -0.497 e. The number of hydrogen-bond acceptors (Lipinski definition) is 6. The average molecular weight is 476 g/mol. The lowest BCUT2D eigenvalue weighted by Gasteiger charge is -2.38. The van der Waals surface area contributed by atoms with E-state index in [1.165, 1.54) is 0 Å². The molecule has 2 bridgehead atoms. The summed E-state index contributed by atoms with van der Waals surface area (Å²) in [6.45, 7) is 5.65. The molecule has 3 amide bonds. The highest BCUT2D eigenvalue weighted by Crippen LogP contribution is 2.71. The average Bonchev–Trinajstić information content (AvgIpc) is 3.35. The zero-order chi connectivity index (χ0) is 24.1. The Kier molecular flexibility index (Phi) is 6.16. The van der Waals surface area contributed by atoms with Gasteiger partial charge in [0.25, 0.3) is 0 Å². The molecule has 3 N–H and O–H groups in total. The van der Waals surface area contributed by atoms with E-state index in [2.05, 4.69) is 10.6 Å². The van der Waals surface area contributed by atoms with Crippen LogP contribution in [-0.4, -0.2) is 70.1 Å². The second kappa shape index (κ2) is 8.51. The van der Waals surface area contributed by atoms with Crippen molar-refractivity contribution in [1.29, 1.82) is 0 Å². The maximum Gasteiger partial charge on any atom is 0.248 e. The van der Waals surface area contributed by atoms with Crippen LogP contribution in [0, 0.1) is 17.8 Å². The number of aliphatic hydroxyl groups is 1. The van der Waals surface area contributed by atoms with Crippen LogP contribution in [0.5, 0.6) is 5.75 Å². The number of carbonyl (C=O) groups excluding carboxylic acids is 3. The Morgan fingerprint density at radius 3 is 2.45 bits per heavy atom. The van der Waals surface area contributed by atoms with E-state index in [4.69, 9.17) is 4.74 Å². The minimum atomic E-state index is -0.780. The van der Waals surface area contributed by atoms with Crippen LogP contribution in [0.25, 0.3) is 0 Å². The summed E-state index contributed by atoms with van der Waals surface area (Å²) >= 11 is 1.62. The predicted octanol–water partition coefficient (Wildman–Crippen LogP) is 1.88. The van der Waals surface area contributed by atoms with Crippen LogP contribution >= 0.6 is 11.8 Å². The number of benzene rings is 1. The monoisotopic (exact) mass is 475 g/mol. The first-order valence-electron chi connectivity index (χ1n) is 11.4. The summed E-state index contributed by atoms with van der Waals surface area (Å²) in [4.78, 5) is 42.3. The van der Waals surface area contributed by atoms with Gasteiger partial charge in [-0.15, -0.1) is 11.8 Å². The third kappa shape index (κ3) is 3.51. The summed E-state index contributed by atoms with van der Waals surface area (Å²) in [5.74, 6) is -1.14. The largest absolute Gasteiger partial charge is 0.497 e. The fourth-order valence-electron chi connectivity index (χ4n) is 6.08. The smallest absolute Gasteiger partial charge is 0.248 e. The van der Waals surface area contributed by atoms with Crippen LogP contribution < -0.4 is 15.4 Å². The number of amides is 3. The topological polar surface area (TPSA) is 108 Å². The summed E-state index contributed by atoms with van der Waals surface area (Å²) in [6, 6.07) is 5.74. The van der Waals surface area contributed by atoms with Crippen LogP contribution in [0.15, 0.2) is 24.3 Å². The van der Waals surface area contributed by atoms with Gasteiger partial charge in [0, 0.05) is 17.5 Å². The van der Waals surface area contributed by atoms with Gasteiger partial charge in [-0.1, -0.05) is 13.8 Å². The predicted molar refractivity (Wildman–Crippen MR) is 127 cm³/mol. The number of methoxy groups -OCH3 is 1. The van der Waals surface area contributed by atoms with Gasteiger partial charge in [0.15, 0.2) is 0 Å². The van der Waals surface area contributed by atoms with E-state index in [1.807, 2.05) is 20.8 Å². The molecule has 0 radical (unpaired) electrons. The maximum absolute atomic E-state index is 13.9. The molecule has 33 heavy (non-hydrogen) atoms. The van der Waals surface area contributed by atoms with E-state index in [-0.39, 0.29) is 30.2 Å². The molecule has 6 atom stereocenters. The number of hydrogen-bond donors (Lipinski definition) is 3. The summed E-state index contributed by atoms with van der Waals surface area (Å²) in [5.41, 5.74) is 0.602. The zero-order valence-electron chi connectivity index (χ0n) is 19.8. The molecule has 1 spiro atoms. The lowest BCUT2D eigenvalue weighted by Crippen LogP contribution is -2.56. The van der Waals surface area contributed by atoms with Crippen molar-refractivity contribution >= 4 is 35.2 Å². The van der Waals surface area contributed by atoms with E-state index in [0.29, 0.717) is 17.9 Å². The Morgan fingerprint density at radius 2 is 1.91 bits per heavy atom. The minimum absolute atomic E-state index is 0.0540. The van der Waals surface area contributed by atoms with Gasteiger partial charge < -0.3 is 25.4 Å². The summed E-state index contributed by atoms with van der Waals surface area (Å²) in [6.07, 6.45) is 1.43. The second-order valence-electron chi connectivity index (χ2n) is 9.80. The van der Waals surface area contributed by atoms with Crippen LogP contribution in [0.4, 0.5) is 5.69 Å². The summed E-state index contributed by atoms with van der Waals surface area (Å²) < 4.78 is 4.08. The number of nitrogens with zero attached hydrogens (tertiary/aromatic N) is 1. The zero-order valence-corrected chi connectivity index (χ0v) is 20.6. The van der Waals surface area contributed by atoms with Crippen molar-refractivity contribution < 1.29 is 24.2 Å². The Bertz CT molecular complexity index is 954. The highest BCUT2D eigenvalue weighted by atomic mass is 32.2. The number of fused-ring (bicyclic) bond motifs is 1. The molecule has 1 aromatic carbocycles. The van der Waals surface area contributed by atoms with Crippen LogP contribution in [0.1, 0.15) is 33.6 Å². The van der Waals surface area contributed by atoms with Crippen LogP contribution in [0.2, 0.25) is 0 Å². The Morgan fingerprint density at radius 1 is 1.24 bits per heavy atom. The van der Waals surface area contributed by atoms with Crippen molar-refractivity contribution in [1.82, 2.24) is 10.2 Å². The molecule has 8 nitrogen and oxygen atoms in total. The van der Waals surface area contributed by atoms with Gasteiger partial charge in [-0.3, -0.25) is 14.4 Å². The molecule has 0 saturated carbocycles. The van der Waals surface area contributed by atoms with Gasteiger partial charge in [-0.05, 0) is 49.9 Å². The molecule has 4 rings (SSSR count). The fraction of sp³-hybridized carbons (Fsp3) is 0.625. The SMILES string of the molecule is CNC(=O)[C@H]1[C@H]2C(=O)N([C@@H](CO)C(C)C)C(C(=O)Nc3ccc(OC)cc3)C23CC[C@]1(C)S3. The third-order valence-electron chi connectivity index (χ3n) is 7.66. The second-order valence-corrected chi connectivity index (χ2v) is 11.7. The van der Waals surface area contributed by atoms with Crippen molar-refractivity contribution in [2.24, 2.45) is 17.8 Å². The molecular weight excluding hydrogens is 442 g/mol. The Labute approximate surface area is 198 Å². The van der Waals surface area contributed by atoms with Gasteiger partial charge >= 0.3 is 0 Å².